The molecule has 0 saturated heterocycles. The topological polar surface area (TPSA) is 63.8 Å². The molecule has 0 saturated carbocycles. The van der Waals surface area contributed by atoms with Crippen LogP contribution in [0, 0.1) is 0 Å². The summed E-state index contributed by atoms with van der Waals surface area (Å²) in [5.41, 5.74) is 9.71. The number of hydrogen-bond acceptors (Lipinski definition) is 4. The van der Waals surface area contributed by atoms with Crippen LogP contribution in [0.3, 0.4) is 0 Å². The molecule has 3 aromatic rings. The van der Waals surface area contributed by atoms with Crippen LogP contribution < -0.4 is 11.1 Å². The van der Waals surface area contributed by atoms with Crippen molar-refractivity contribution in [1.29, 1.82) is 0 Å². The van der Waals surface area contributed by atoms with Crippen molar-refractivity contribution in [1.82, 2.24) is 9.97 Å². The van der Waals surface area contributed by atoms with Gasteiger partial charge in [0.2, 0.25) is 0 Å². The van der Waals surface area contributed by atoms with E-state index < -0.39 is 0 Å². The summed E-state index contributed by atoms with van der Waals surface area (Å²) in [6.45, 7) is 0.812. The number of aromatic nitrogens is 2. The van der Waals surface area contributed by atoms with E-state index in [1.54, 1.807) is 6.20 Å². The number of anilines is 2. The third-order valence-corrected chi connectivity index (χ3v) is 3.23. The maximum Gasteiger partial charge on any atom is 0.0953 e. The number of nitrogen functional groups attached to an aromatic ring is 1. The van der Waals surface area contributed by atoms with Gasteiger partial charge in [-0.3, -0.25) is 9.97 Å². The van der Waals surface area contributed by atoms with Crippen molar-refractivity contribution in [3.8, 4) is 0 Å². The summed E-state index contributed by atoms with van der Waals surface area (Å²) in [5, 5.41) is 4.39. The van der Waals surface area contributed by atoms with Crippen LogP contribution in [-0.4, -0.2) is 16.5 Å². The first-order chi connectivity index (χ1) is 9.84. The second-order valence-electron chi connectivity index (χ2n) is 4.60. The molecule has 4 heteroatoms. The molecule has 0 spiro atoms. The number of rotatable bonds is 4. The summed E-state index contributed by atoms with van der Waals surface area (Å²) < 4.78 is 0. The van der Waals surface area contributed by atoms with Gasteiger partial charge in [0.25, 0.3) is 0 Å². The third-order valence-electron chi connectivity index (χ3n) is 3.23. The highest BCUT2D eigenvalue weighted by molar-refractivity contribution is 5.98. The van der Waals surface area contributed by atoms with E-state index in [9.17, 15) is 0 Å². The summed E-state index contributed by atoms with van der Waals surface area (Å²) in [4.78, 5) is 8.72. The van der Waals surface area contributed by atoms with Crippen LogP contribution in [0.5, 0.6) is 0 Å². The van der Waals surface area contributed by atoms with Gasteiger partial charge in [-0.25, -0.2) is 0 Å². The van der Waals surface area contributed by atoms with E-state index in [4.69, 9.17) is 5.73 Å². The molecule has 3 N–H and O–H groups in total. The molecule has 2 heterocycles. The molecule has 2 aromatic heterocycles. The standard InChI is InChI=1S/C16H16N4/c17-14-6-7-15(16-13(14)5-3-10-20-16)19-11-8-12-4-1-2-9-18-12/h1-7,9-10,19H,8,11,17H2. The van der Waals surface area contributed by atoms with Crippen LogP contribution in [-0.2, 0) is 6.42 Å². The SMILES string of the molecule is Nc1ccc(NCCc2ccccn2)c2ncccc12. The molecule has 100 valence electrons. The van der Waals surface area contributed by atoms with Crippen LogP contribution in [0.4, 0.5) is 11.4 Å². The van der Waals surface area contributed by atoms with E-state index in [1.165, 1.54) is 0 Å². The van der Waals surface area contributed by atoms with Gasteiger partial charge in [-0.05, 0) is 36.4 Å². The lowest BCUT2D eigenvalue weighted by Gasteiger charge is -2.10. The van der Waals surface area contributed by atoms with Crippen LogP contribution in [0.1, 0.15) is 5.69 Å². The molecule has 0 unspecified atom stereocenters. The van der Waals surface area contributed by atoms with Gasteiger partial charge in [0.05, 0.1) is 11.2 Å². The molecule has 0 aliphatic rings. The summed E-state index contributed by atoms with van der Waals surface area (Å²) in [7, 11) is 0. The Morgan fingerprint density at radius 1 is 0.950 bits per heavy atom. The highest BCUT2D eigenvalue weighted by atomic mass is 14.9. The molecule has 0 bridgehead atoms. The molecule has 0 fully saturated rings. The Balaban J connectivity index is 1.77. The Kier molecular flexibility index (Phi) is 3.46. The van der Waals surface area contributed by atoms with Crippen LogP contribution in [0.15, 0.2) is 54.9 Å². The average Bonchev–Trinajstić information content (AvgIpc) is 2.51. The van der Waals surface area contributed by atoms with E-state index in [0.29, 0.717) is 0 Å². The number of pyridine rings is 2. The molecule has 0 radical (unpaired) electrons. The number of nitrogens with two attached hydrogens (primary N) is 1. The number of fused-ring (bicyclic) bond motifs is 1. The second-order valence-corrected chi connectivity index (χ2v) is 4.60. The molecular formula is C16H16N4. The average molecular weight is 264 g/mol. The summed E-state index contributed by atoms with van der Waals surface area (Å²) in [5.74, 6) is 0. The van der Waals surface area contributed by atoms with Gasteiger partial charge in [-0.2, -0.15) is 0 Å². The third kappa shape index (κ3) is 2.54. The van der Waals surface area contributed by atoms with Gasteiger partial charge >= 0.3 is 0 Å². The van der Waals surface area contributed by atoms with Crippen LogP contribution in [0.25, 0.3) is 10.9 Å². The Morgan fingerprint density at radius 2 is 1.85 bits per heavy atom. The van der Waals surface area contributed by atoms with Crippen molar-refractivity contribution < 1.29 is 0 Å². The molecule has 0 atom stereocenters. The zero-order chi connectivity index (χ0) is 13.8. The second kappa shape index (κ2) is 5.57. The van der Waals surface area contributed by atoms with Crippen molar-refractivity contribution in [2.45, 2.75) is 6.42 Å². The summed E-state index contributed by atoms with van der Waals surface area (Å²) in [6, 6.07) is 13.7. The monoisotopic (exact) mass is 264 g/mol. The van der Waals surface area contributed by atoms with Crippen LogP contribution >= 0.6 is 0 Å². The smallest absolute Gasteiger partial charge is 0.0953 e. The predicted molar refractivity (Wildman–Crippen MR) is 82.6 cm³/mol. The van der Waals surface area contributed by atoms with Gasteiger partial charge in [0.15, 0.2) is 0 Å². The summed E-state index contributed by atoms with van der Waals surface area (Å²) >= 11 is 0. The first-order valence-electron chi connectivity index (χ1n) is 6.61. The maximum atomic E-state index is 5.97. The van der Waals surface area contributed by atoms with Gasteiger partial charge in [0, 0.05) is 42.1 Å². The fourth-order valence-electron chi connectivity index (χ4n) is 2.21. The van der Waals surface area contributed by atoms with Crippen molar-refractivity contribution in [2.75, 3.05) is 17.6 Å². The lowest BCUT2D eigenvalue weighted by molar-refractivity contribution is 0.962. The Bertz CT molecular complexity index is 710. The first kappa shape index (κ1) is 12.4. The molecule has 0 aliphatic carbocycles. The fraction of sp³-hybridized carbons (Fsp3) is 0.125. The molecular weight excluding hydrogens is 248 g/mol. The number of hydrogen-bond donors (Lipinski definition) is 2. The zero-order valence-corrected chi connectivity index (χ0v) is 11.1. The zero-order valence-electron chi connectivity index (χ0n) is 11.1. The Hall–Kier alpha value is -2.62. The maximum absolute atomic E-state index is 5.97. The molecule has 0 aliphatic heterocycles. The van der Waals surface area contributed by atoms with Gasteiger partial charge in [0.1, 0.15) is 0 Å². The summed E-state index contributed by atoms with van der Waals surface area (Å²) in [6.07, 6.45) is 4.47. The minimum atomic E-state index is 0.753. The lowest BCUT2D eigenvalue weighted by Crippen LogP contribution is -2.07. The van der Waals surface area contributed by atoms with Crippen molar-refractivity contribution in [2.24, 2.45) is 0 Å². The lowest BCUT2D eigenvalue weighted by atomic mass is 10.1. The molecule has 20 heavy (non-hydrogen) atoms. The first-order valence-corrected chi connectivity index (χ1v) is 6.61. The molecule has 4 nitrogen and oxygen atoms in total. The van der Waals surface area contributed by atoms with Crippen LogP contribution in [0.2, 0.25) is 0 Å². The van der Waals surface area contributed by atoms with E-state index in [1.807, 2.05) is 48.7 Å². The predicted octanol–water partition coefficient (Wildman–Crippen LogP) is 2.87. The minimum Gasteiger partial charge on any atom is -0.398 e. The van der Waals surface area contributed by atoms with E-state index >= 15 is 0 Å². The minimum absolute atomic E-state index is 0.753. The number of benzene rings is 1. The van der Waals surface area contributed by atoms with E-state index in [-0.39, 0.29) is 0 Å². The Morgan fingerprint density at radius 3 is 2.70 bits per heavy atom. The fourth-order valence-corrected chi connectivity index (χ4v) is 2.21. The molecule has 3 rings (SSSR count). The van der Waals surface area contributed by atoms with Crippen molar-refractivity contribution in [3.63, 3.8) is 0 Å². The van der Waals surface area contributed by atoms with E-state index in [0.717, 1.165) is 40.9 Å². The number of nitrogens with zero attached hydrogens (tertiary/aromatic N) is 2. The van der Waals surface area contributed by atoms with Crippen molar-refractivity contribution in [3.05, 3.63) is 60.6 Å². The van der Waals surface area contributed by atoms with E-state index in [2.05, 4.69) is 15.3 Å². The molecule has 0 amide bonds. The largest absolute Gasteiger partial charge is 0.398 e. The normalized spacial score (nSPS) is 10.6. The Labute approximate surface area is 117 Å². The van der Waals surface area contributed by atoms with Crippen molar-refractivity contribution >= 4 is 22.3 Å². The number of nitrogens with one attached hydrogen (secondary N) is 1. The quantitative estimate of drug-likeness (QED) is 0.711. The molecule has 1 aromatic carbocycles. The van der Waals surface area contributed by atoms with Gasteiger partial charge in [-0.1, -0.05) is 6.07 Å². The highest BCUT2D eigenvalue weighted by Gasteiger charge is 2.04. The highest BCUT2D eigenvalue weighted by Crippen LogP contribution is 2.26. The van der Waals surface area contributed by atoms with Gasteiger partial charge < -0.3 is 11.1 Å². The van der Waals surface area contributed by atoms with Gasteiger partial charge in [-0.15, -0.1) is 0 Å².